The molecule has 3 rings (SSSR count). The molecule has 0 aromatic carbocycles. The fraction of sp³-hybridized carbons (Fsp3) is 1.00. The van der Waals surface area contributed by atoms with Crippen LogP contribution >= 0.6 is 0 Å². The quantitative estimate of drug-likeness (QED) is 0.607. The van der Waals surface area contributed by atoms with Crippen molar-refractivity contribution in [3.63, 3.8) is 0 Å². The van der Waals surface area contributed by atoms with E-state index < -0.39 is 0 Å². The van der Waals surface area contributed by atoms with Crippen molar-refractivity contribution in [2.24, 2.45) is 11.8 Å². The minimum Gasteiger partial charge on any atom is -0.374 e. The Bertz CT molecular complexity index is 233. The van der Waals surface area contributed by atoms with Crippen LogP contribution in [-0.2, 0) is 4.74 Å². The highest BCUT2D eigenvalue weighted by Gasteiger charge is 2.50. The van der Waals surface area contributed by atoms with Gasteiger partial charge in [-0.15, -0.1) is 0 Å². The summed E-state index contributed by atoms with van der Waals surface area (Å²) in [6.45, 7) is 3.54. The van der Waals surface area contributed by atoms with E-state index in [0.717, 1.165) is 18.4 Å². The summed E-state index contributed by atoms with van der Waals surface area (Å²) in [6, 6.07) is 0. The Balaban J connectivity index is 1.75. The smallest absolute Gasteiger partial charge is 0.0738 e. The molecule has 3 aliphatic rings. The minimum atomic E-state index is 0.303. The Kier molecular flexibility index (Phi) is 2.52. The van der Waals surface area contributed by atoms with E-state index in [2.05, 4.69) is 11.9 Å². The zero-order chi connectivity index (χ0) is 10.3. The summed E-state index contributed by atoms with van der Waals surface area (Å²) in [5, 5.41) is 0. The van der Waals surface area contributed by atoms with Crippen LogP contribution in [-0.4, -0.2) is 37.2 Å². The van der Waals surface area contributed by atoms with E-state index in [1.807, 2.05) is 0 Å². The molecule has 2 heteroatoms. The summed E-state index contributed by atoms with van der Waals surface area (Å²) < 4.78 is 6.25. The largest absolute Gasteiger partial charge is 0.374 e. The van der Waals surface area contributed by atoms with Gasteiger partial charge in [0.05, 0.1) is 12.2 Å². The lowest BCUT2D eigenvalue weighted by atomic mass is 9.69. The van der Waals surface area contributed by atoms with Crippen molar-refractivity contribution in [2.75, 3.05) is 26.7 Å². The zero-order valence-corrected chi connectivity index (χ0v) is 9.87. The molecule has 0 amide bonds. The van der Waals surface area contributed by atoms with Crippen LogP contribution in [0.5, 0.6) is 0 Å². The van der Waals surface area contributed by atoms with Gasteiger partial charge in [0, 0.05) is 13.1 Å². The normalized spacial score (nSPS) is 40.6. The predicted molar refractivity (Wildman–Crippen MR) is 60.9 cm³/mol. The van der Waals surface area contributed by atoms with Crippen molar-refractivity contribution in [2.45, 2.75) is 44.1 Å². The van der Waals surface area contributed by atoms with E-state index in [1.165, 1.54) is 51.6 Å². The van der Waals surface area contributed by atoms with Crippen LogP contribution in [0, 0.1) is 11.8 Å². The first-order valence-corrected chi connectivity index (χ1v) is 6.63. The average Bonchev–Trinajstić information content (AvgIpc) is 2.63. The van der Waals surface area contributed by atoms with Crippen molar-refractivity contribution in [3.05, 3.63) is 0 Å². The molecule has 3 fully saturated rings. The van der Waals surface area contributed by atoms with Gasteiger partial charge < -0.3 is 9.64 Å². The lowest BCUT2D eigenvalue weighted by molar-refractivity contribution is -0.0655. The molecule has 0 aromatic rings. The highest BCUT2D eigenvalue weighted by molar-refractivity contribution is 5.00. The second kappa shape index (κ2) is 3.74. The lowest BCUT2D eigenvalue weighted by Crippen LogP contribution is -2.47. The third-order valence-corrected chi connectivity index (χ3v) is 5.00. The van der Waals surface area contributed by atoms with Crippen LogP contribution in [0.2, 0.25) is 0 Å². The third-order valence-electron chi connectivity index (χ3n) is 5.00. The zero-order valence-electron chi connectivity index (χ0n) is 9.87. The maximum absolute atomic E-state index is 6.25. The molecule has 0 bridgehead atoms. The van der Waals surface area contributed by atoms with Gasteiger partial charge in [-0.3, -0.25) is 0 Å². The molecule has 2 nitrogen and oxygen atoms in total. The molecule has 0 aromatic heterocycles. The fourth-order valence-corrected chi connectivity index (χ4v) is 3.99. The van der Waals surface area contributed by atoms with E-state index in [1.54, 1.807) is 0 Å². The number of ether oxygens (including phenoxy) is 1. The second-order valence-corrected chi connectivity index (χ2v) is 5.83. The first-order chi connectivity index (χ1) is 7.30. The van der Waals surface area contributed by atoms with E-state index in [0.29, 0.717) is 5.60 Å². The van der Waals surface area contributed by atoms with Gasteiger partial charge in [0.2, 0.25) is 0 Å². The van der Waals surface area contributed by atoms with E-state index in [9.17, 15) is 0 Å². The van der Waals surface area contributed by atoms with Gasteiger partial charge in [-0.05, 0) is 44.6 Å². The summed E-state index contributed by atoms with van der Waals surface area (Å²) >= 11 is 0. The number of fused-ring (bicyclic) bond motifs is 2. The van der Waals surface area contributed by atoms with Gasteiger partial charge in [-0.25, -0.2) is 0 Å². The molecule has 2 saturated heterocycles. The Hall–Kier alpha value is -0.0800. The first kappa shape index (κ1) is 10.1. The molecule has 2 heterocycles. The molecule has 0 N–H and O–H groups in total. The van der Waals surface area contributed by atoms with Crippen molar-refractivity contribution < 1.29 is 4.74 Å². The van der Waals surface area contributed by atoms with Crippen LogP contribution < -0.4 is 0 Å². The molecular weight excluding hydrogens is 186 g/mol. The Morgan fingerprint density at radius 2 is 1.87 bits per heavy atom. The second-order valence-electron chi connectivity index (χ2n) is 5.83. The lowest BCUT2D eigenvalue weighted by Gasteiger charge is -2.43. The minimum absolute atomic E-state index is 0.303. The number of rotatable bonds is 0. The van der Waals surface area contributed by atoms with Crippen LogP contribution in [0.4, 0.5) is 0 Å². The highest BCUT2D eigenvalue weighted by atomic mass is 16.5. The Labute approximate surface area is 93.0 Å². The summed E-state index contributed by atoms with van der Waals surface area (Å²) in [5.41, 5.74) is 0.303. The third kappa shape index (κ3) is 1.62. The molecule has 0 radical (unpaired) electrons. The molecule has 2 atom stereocenters. The Morgan fingerprint density at radius 1 is 1.13 bits per heavy atom. The highest BCUT2D eigenvalue weighted by Crippen LogP contribution is 2.49. The maximum Gasteiger partial charge on any atom is 0.0738 e. The van der Waals surface area contributed by atoms with Crippen LogP contribution in [0.15, 0.2) is 0 Å². The first-order valence-electron chi connectivity index (χ1n) is 6.63. The van der Waals surface area contributed by atoms with Gasteiger partial charge in [-0.1, -0.05) is 12.8 Å². The van der Waals surface area contributed by atoms with Gasteiger partial charge in [0.25, 0.3) is 0 Å². The van der Waals surface area contributed by atoms with E-state index in [4.69, 9.17) is 4.74 Å². The van der Waals surface area contributed by atoms with Gasteiger partial charge >= 0.3 is 0 Å². The maximum atomic E-state index is 6.25. The molecule has 2 unspecified atom stereocenters. The number of piperidine rings is 1. The van der Waals surface area contributed by atoms with Gasteiger partial charge in [0.15, 0.2) is 0 Å². The van der Waals surface area contributed by atoms with E-state index >= 15 is 0 Å². The van der Waals surface area contributed by atoms with Gasteiger partial charge in [-0.2, -0.15) is 0 Å². The molecular formula is C13H23NO. The topological polar surface area (TPSA) is 12.5 Å². The average molecular weight is 209 g/mol. The van der Waals surface area contributed by atoms with Crippen molar-refractivity contribution in [1.82, 2.24) is 4.90 Å². The molecule has 86 valence electrons. The SMILES string of the molecule is CN1CCC2(CC1)OCC1CCCCC12. The molecule has 15 heavy (non-hydrogen) atoms. The van der Waals surface area contributed by atoms with Crippen molar-refractivity contribution in [3.8, 4) is 0 Å². The predicted octanol–water partition coefficient (Wildman–Crippen LogP) is 2.29. The number of hydrogen-bond donors (Lipinski definition) is 0. The van der Waals surface area contributed by atoms with Gasteiger partial charge in [0.1, 0.15) is 0 Å². The van der Waals surface area contributed by atoms with Crippen LogP contribution in [0.1, 0.15) is 38.5 Å². The van der Waals surface area contributed by atoms with Crippen LogP contribution in [0.25, 0.3) is 0 Å². The number of hydrogen-bond acceptors (Lipinski definition) is 2. The van der Waals surface area contributed by atoms with Crippen LogP contribution in [0.3, 0.4) is 0 Å². The van der Waals surface area contributed by atoms with Crippen molar-refractivity contribution >= 4 is 0 Å². The summed E-state index contributed by atoms with van der Waals surface area (Å²) in [4.78, 5) is 2.45. The van der Waals surface area contributed by atoms with Crippen molar-refractivity contribution in [1.29, 1.82) is 0 Å². The number of likely N-dealkylation sites (tertiary alicyclic amines) is 1. The molecule has 2 aliphatic heterocycles. The summed E-state index contributed by atoms with van der Waals surface area (Å²) in [5.74, 6) is 1.81. The molecule has 1 saturated carbocycles. The molecule has 1 spiro atoms. The monoisotopic (exact) mass is 209 g/mol. The summed E-state index contributed by atoms with van der Waals surface area (Å²) in [7, 11) is 2.24. The number of nitrogens with zero attached hydrogens (tertiary/aromatic N) is 1. The Morgan fingerprint density at radius 3 is 2.67 bits per heavy atom. The fourth-order valence-electron chi connectivity index (χ4n) is 3.99. The molecule has 1 aliphatic carbocycles. The standard InChI is InChI=1S/C13H23NO/c1-14-8-6-13(7-9-14)12-5-3-2-4-11(12)10-15-13/h11-12H,2-10H2,1H3. The van der Waals surface area contributed by atoms with E-state index in [-0.39, 0.29) is 0 Å². The summed E-state index contributed by atoms with van der Waals surface area (Å²) in [6.07, 6.45) is 8.33.